The van der Waals surface area contributed by atoms with Crippen molar-refractivity contribution in [2.45, 2.75) is 26.8 Å². The van der Waals surface area contributed by atoms with Gasteiger partial charge in [-0.3, -0.25) is 4.68 Å². The van der Waals surface area contributed by atoms with Crippen molar-refractivity contribution in [3.05, 3.63) is 71.9 Å². The molecule has 6 nitrogen and oxygen atoms in total. The zero-order chi connectivity index (χ0) is 21.2. The molecule has 3 rings (SSSR count). The van der Waals surface area contributed by atoms with E-state index in [4.69, 9.17) is 21.7 Å². The molecule has 0 bridgehead atoms. The highest BCUT2D eigenvalue weighted by atomic mass is 32.1. The fraction of sp³-hybridized carbons (Fsp3) is 0.304. The first-order chi connectivity index (χ1) is 14.7. The van der Waals surface area contributed by atoms with E-state index in [0.717, 1.165) is 35.8 Å². The molecule has 7 heteroatoms. The quantitative estimate of drug-likeness (QED) is 0.474. The van der Waals surface area contributed by atoms with Gasteiger partial charge >= 0.3 is 0 Å². The average Bonchev–Trinajstić information content (AvgIpc) is 3.17. The Bertz CT molecular complexity index is 943. The number of ether oxygens (including phenoxy) is 2. The number of nitrogens with one attached hydrogen (secondary N) is 2. The van der Waals surface area contributed by atoms with Crippen LogP contribution in [0.5, 0.6) is 11.5 Å². The molecular weight excluding hydrogens is 396 g/mol. The molecule has 0 atom stereocenters. The Balaban J connectivity index is 1.46. The third-order valence-electron chi connectivity index (χ3n) is 4.38. The minimum absolute atomic E-state index is 0.552. The Hall–Kier alpha value is -3.06. The summed E-state index contributed by atoms with van der Waals surface area (Å²) in [5, 5.41) is 11.4. The van der Waals surface area contributed by atoms with Gasteiger partial charge in [-0.15, -0.1) is 0 Å². The van der Waals surface area contributed by atoms with Gasteiger partial charge in [-0.1, -0.05) is 36.4 Å². The SMILES string of the molecule is CCOc1ccc(CCNC(=S)Nc2ccn(Cc3ccccc3)n2)cc1OCC. The second kappa shape index (κ2) is 11.2. The molecule has 1 heterocycles. The zero-order valence-corrected chi connectivity index (χ0v) is 18.2. The Morgan fingerprint density at radius 2 is 1.73 bits per heavy atom. The lowest BCUT2D eigenvalue weighted by Crippen LogP contribution is -2.30. The second-order valence-corrected chi connectivity index (χ2v) is 7.07. The van der Waals surface area contributed by atoms with Crippen molar-refractivity contribution >= 4 is 23.1 Å². The van der Waals surface area contributed by atoms with Crippen LogP contribution in [0.4, 0.5) is 5.82 Å². The number of thiocarbonyl (C=S) groups is 1. The standard InChI is InChI=1S/C23H28N4O2S/c1-3-28-20-11-10-18(16-21(20)29-4-2)12-14-24-23(30)25-22-13-15-27(26-22)17-19-8-6-5-7-9-19/h5-11,13,15-16H,3-4,12,14,17H2,1-2H3,(H2,24,25,26,30). The third kappa shape index (κ3) is 6.49. The molecule has 0 spiro atoms. The fourth-order valence-corrected chi connectivity index (χ4v) is 3.23. The van der Waals surface area contributed by atoms with Crippen LogP contribution in [-0.4, -0.2) is 34.7 Å². The molecular formula is C23H28N4O2S. The van der Waals surface area contributed by atoms with Gasteiger partial charge in [0, 0.05) is 18.8 Å². The van der Waals surface area contributed by atoms with E-state index in [1.165, 1.54) is 5.56 Å². The highest BCUT2D eigenvalue weighted by Gasteiger charge is 2.07. The van der Waals surface area contributed by atoms with Crippen molar-refractivity contribution in [2.75, 3.05) is 25.1 Å². The summed E-state index contributed by atoms with van der Waals surface area (Å²) in [6, 6.07) is 18.2. The minimum atomic E-state index is 0.552. The average molecular weight is 425 g/mol. The maximum Gasteiger partial charge on any atom is 0.172 e. The van der Waals surface area contributed by atoms with Crippen LogP contribution in [0, 0.1) is 0 Å². The number of aromatic nitrogens is 2. The van der Waals surface area contributed by atoms with E-state index in [0.29, 0.717) is 24.9 Å². The number of hydrogen-bond donors (Lipinski definition) is 2. The summed E-state index contributed by atoms with van der Waals surface area (Å²) >= 11 is 5.40. The highest BCUT2D eigenvalue weighted by molar-refractivity contribution is 7.80. The predicted molar refractivity (Wildman–Crippen MR) is 124 cm³/mol. The normalized spacial score (nSPS) is 10.5. The van der Waals surface area contributed by atoms with E-state index in [-0.39, 0.29) is 0 Å². The summed E-state index contributed by atoms with van der Waals surface area (Å²) in [5.41, 5.74) is 2.36. The summed E-state index contributed by atoms with van der Waals surface area (Å²) in [4.78, 5) is 0. The van der Waals surface area contributed by atoms with Crippen molar-refractivity contribution in [3.8, 4) is 11.5 Å². The van der Waals surface area contributed by atoms with Crippen molar-refractivity contribution in [2.24, 2.45) is 0 Å². The molecule has 2 aromatic carbocycles. The monoisotopic (exact) mass is 424 g/mol. The Morgan fingerprint density at radius 3 is 2.50 bits per heavy atom. The van der Waals surface area contributed by atoms with Crippen molar-refractivity contribution in [1.29, 1.82) is 0 Å². The number of anilines is 1. The van der Waals surface area contributed by atoms with Crippen LogP contribution in [0.15, 0.2) is 60.8 Å². The molecule has 0 aliphatic rings. The molecule has 158 valence electrons. The van der Waals surface area contributed by atoms with E-state index in [1.54, 1.807) is 0 Å². The van der Waals surface area contributed by atoms with Crippen molar-refractivity contribution in [1.82, 2.24) is 15.1 Å². The molecule has 2 N–H and O–H groups in total. The van der Waals surface area contributed by atoms with Crippen LogP contribution in [0.3, 0.4) is 0 Å². The fourth-order valence-electron chi connectivity index (χ4n) is 3.02. The predicted octanol–water partition coefficient (Wildman–Crippen LogP) is 4.26. The van der Waals surface area contributed by atoms with Crippen LogP contribution in [-0.2, 0) is 13.0 Å². The van der Waals surface area contributed by atoms with Gasteiger partial charge in [0.2, 0.25) is 0 Å². The summed E-state index contributed by atoms with van der Waals surface area (Å²) in [6.07, 6.45) is 2.75. The lowest BCUT2D eigenvalue weighted by Gasteiger charge is -2.13. The van der Waals surface area contributed by atoms with Gasteiger partial charge in [0.15, 0.2) is 22.4 Å². The van der Waals surface area contributed by atoms with Gasteiger partial charge in [-0.25, -0.2) is 0 Å². The lowest BCUT2D eigenvalue weighted by molar-refractivity contribution is 0.287. The molecule has 1 aromatic heterocycles. The van der Waals surface area contributed by atoms with Gasteiger partial charge in [-0.2, -0.15) is 5.10 Å². The Morgan fingerprint density at radius 1 is 0.967 bits per heavy atom. The maximum atomic E-state index is 5.69. The van der Waals surface area contributed by atoms with Crippen molar-refractivity contribution in [3.63, 3.8) is 0 Å². The molecule has 0 saturated heterocycles. The Labute approximate surface area is 183 Å². The van der Waals surface area contributed by atoms with E-state index in [9.17, 15) is 0 Å². The molecule has 3 aromatic rings. The van der Waals surface area contributed by atoms with Crippen LogP contribution in [0.2, 0.25) is 0 Å². The maximum absolute atomic E-state index is 5.69. The number of nitrogens with zero attached hydrogens (tertiary/aromatic N) is 2. The summed E-state index contributed by atoms with van der Waals surface area (Å²) < 4.78 is 13.2. The van der Waals surface area contributed by atoms with Gasteiger partial charge in [-0.05, 0) is 55.7 Å². The summed E-state index contributed by atoms with van der Waals surface area (Å²) in [7, 11) is 0. The Kier molecular flexibility index (Phi) is 8.09. The van der Waals surface area contributed by atoms with Crippen LogP contribution < -0.4 is 20.1 Å². The van der Waals surface area contributed by atoms with Gasteiger partial charge < -0.3 is 20.1 Å². The molecule has 0 unspecified atom stereocenters. The van der Waals surface area contributed by atoms with Gasteiger partial charge in [0.1, 0.15) is 0 Å². The van der Waals surface area contributed by atoms with E-state index in [2.05, 4.69) is 33.9 Å². The van der Waals surface area contributed by atoms with Crippen LogP contribution in [0.25, 0.3) is 0 Å². The van der Waals surface area contributed by atoms with E-state index < -0.39 is 0 Å². The molecule has 0 saturated carbocycles. The third-order valence-corrected chi connectivity index (χ3v) is 4.62. The first-order valence-electron chi connectivity index (χ1n) is 10.2. The summed E-state index contributed by atoms with van der Waals surface area (Å²) in [6.45, 7) is 6.58. The number of rotatable bonds is 10. The smallest absolute Gasteiger partial charge is 0.172 e. The summed E-state index contributed by atoms with van der Waals surface area (Å²) in [5.74, 6) is 2.28. The molecule has 30 heavy (non-hydrogen) atoms. The lowest BCUT2D eigenvalue weighted by atomic mass is 10.1. The highest BCUT2D eigenvalue weighted by Crippen LogP contribution is 2.28. The van der Waals surface area contributed by atoms with E-state index >= 15 is 0 Å². The molecule has 0 fully saturated rings. The van der Waals surface area contributed by atoms with Gasteiger partial charge in [0.05, 0.1) is 19.8 Å². The zero-order valence-electron chi connectivity index (χ0n) is 17.4. The van der Waals surface area contributed by atoms with Crippen LogP contribution >= 0.6 is 12.2 Å². The molecule has 0 aliphatic carbocycles. The number of benzene rings is 2. The first-order valence-corrected chi connectivity index (χ1v) is 10.6. The molecule has 0 radical (unpaired) electrons. The number of hydrogen-bond acceptors (Lipinski definition) is 4. The molecule has 0 aliphatic heterocycles. The second-order valence-electron chi connectivity index (χ2n) is 6.66. The van der Waals surface area contributed by atoms with Crippen molar-refractivity contribution < 1.29 is 9.47 Å². The minimum Gasteiger partial charge on any atom is -0.490 e. The van der Waals surface area contributed by atoms with E-state index in [1.807, 2.05) is 61.1 Å². The largest absolute Gasteiger partial charge is 0.490 e. The molecule has 0 amide bonds. The van der Waals surface area contributed by atoms with Crippen LogP contribution in [0.1, 0.15) is 25.0 Å². The first kappa shape index (κ1) is 21.6. The van der Waals surface area contributed by atoms with Gasteiger partial charge in [0.25, 0.3) is 0 Å². The topological polar surface area (TPSA) is 60.3 Å².